The molecule has 252 valence electrons. The molecule has 2 fully saturated rings. The highest BCUT2D eigenvalue weighted by atomic mass is 16.6. The number of ether oxygens (including phenoxy) is 1. The number of carbonyl (C=O) groups excluding carboxylic acids is 2. The lowest BCUT2D eigenvalue weighted by atomic mass is 9.85. The Morgan fingerprint density at radius 2 is 1.67 bits per heavy atom. The standard InChI is InChI=1S/C40H48N4O4/c1-5-13-36(45)32-16-11-14-30(26-32)28-42-29-44(33-17-7-6-8-18-33)40(38(42)47)20-24-41(25-21-40)22-12-23-43-34-19-10-9-15-31(34)27-35(43)37(46)48-39(2,3)4/h6-11,13-19,26-27,45H,5,12,20-25,28-29H2,1-4H3/b36-13-. The molecule has 2 saturated heterocycles. The number of hydrogen-bond acceptors (Lipinski definition) is 6. The van der Waals surface area contributed by atoms with Gasteiger partial charge in [0, 0.05) is 48.3 Å². The predicted octanol–water partition coefficient (Wildman–Crippen LogP) is 7.64. The number of amides is 1. The predicted molar refractivity (Wildman–Crippen MR) is 192 cm³/mol. The molecule has 3 heterocycles. The summed E-state index contributed by atoms with van der Waals surface area (Å²) in [6, 6.07) is 28.2. The minimum Gasteiger partial charge on any atom is -0.508 e. The molecule has 0 bridgehead atoms. The number of fused-ring (bicyclic) bond motifs is 1. The van der Waals surface area contributed by atoms with Gasteiger partial charge in [-0.25, -0.2) is 4.79 Å². The molecule has 8 nitrogen and oxygen atoms in total. The van der Waals surface area contributed by atoms with Crippen LogP contribution < -0.4 is 4.90 Å². The van der Waals surface area contributed by atoms with Crippen LogP contribution in [0.1, 0.15) is 75.0 Å². The molecule has 8 heteroatoms. The SMILES string of the molecule is CC/C=C(\O)c1cccc(CN2CN(c3ccccc3)C3(CCN(CCCn4c(C(=O)OC(C)(C)C)cc5ccccc54)CC3)C2=O)c1. The lowest BCUT2D eigenvalue weighted by Crippen LogP contribution is -2.56. The molecule has 1 spiro atoms. The van der Waals surface area contributed by atoms with E-state index in [1.54, 1.807) is 6.08 Å². The van der Waals surface area contributed by atoms with E-state index in [-0.39, 0.29) is 17.6 Å². The monoisotopic (exact) mass is 648 g/mol. The molecule has 0 radical (unpaired) electrons. The van der Waals surface area contributed by atoms with Crippen LogP contribution in [0.25, 0.3) is 16.7 Å². The molecule has 2 aliphatic rings. The summed E-state index contributed by atoms with van der Waals surface area (Å²) in [6.07, 6.45) is 4.92. The number of anilines is 1. The van der Waals surface area contributed by atoms with E-state index >= 15 is 0 Å². The van der Waals surface area contributed by atoms with Crippen molar-refractivity contribution in [2.45, 2.75) is 77.6 Å². The maximum absolute atomic E-state index is 14.4. The molecule has 0 aliphatic carbocycles. The third-order valence-electron chi connectivity index (χ3n) is 9.53. The summed E-state index contributed by atoms with van der Waals surface area (Å²) in [5.74, 6) is 0.142. The van der Waals surface area contributed by atoms with Gasteiger partial charge in [0.25, 0.3) is 0 Å². The van der Waals surface area contributed by atoms with Gasteiger partial charge in [-0.05, 0) is 95.0 Å². The van der Waals surface area contributed by atoms with Crippen LogP contribution in [0.2, 0.25) is 0 Å². The molecule has 0 saturated carbocycles. The van der Waals surface area contributed by atoms with Crippen molar-refractivity contribution in [1.82, 2.24) is 14.4 Å². The summed E-state index contributed by atoms with van der Waals surface area (Å²) < 4.78 is 7.84. The fourth-order valence-electron chi connectivity index (χ4n) is 7.23. The Kier molecular flexibility index (Phi) is 9.65. The highest BCUT2D eigenvalue weighted by Crippen LogP contribution is 2.40. The zero-order chi connectivity index (χ0) is 33.9. The van der Waals surface area contributed by atoms with Crippen LogP contribution >= 0.6 is 0 Å². The van der Waals surface area contributed by atoms with Gasteiger partial charge in [0.1, 0.15) is 22.6 Å². The van der Waals surface area contributed by atoms with Gasteiger partial charge in [0.05, 0.1) is 6.67 Å². The first-order valence-electron chi connectivity index (χ1n) is 17.2. The quantitative estimate of drug-likeness (QED) is 0.141. The molecule has 1 amide bonds. The van der Waals surface area contributed by atoms with Crippen molar-refractivity contribution in [3.63, 3.8) is 0 Å². The Morgan fingerprint density at radius 1 is 0.938 bits per heavy atom. The maximum Gasteiger partial charge on any atom is 0.355 e. The number of esters is 1. The molecule has 2 aliphatic heterocycles. The second kappa shape index (κ2) is 13.9. The van der Waals surface area contributed by atoms with E-state index in [0.717, 1.165) is 73.0 Å². The fourth-order valence-corrected chi connectivity index (χ4v) is 7.23. The van der Waals surface area contributed by atoms with E-state index < -0.39 is 11.1 Å². The number of aryl methyl sites for hydroxylation is 1. The van der Waals surface area contributed by atoms with Gasteiger partial charge in [-0.15, -0.1) is 0 Å². The summed E-state index contributed by atoms with van der Waals surface area (Å²) in [6.45, 7) is 11.9. The van der Waals surface area contributed by atoms with Gasteiger partial charge in [0.15, 0.2) is 0 Å². The highest BCUT2D eigenvalue weighted by molar-refractivity contribution is 5.96. The van der Waals surface area contributed by atoms with E-state index in [4.69, 9.17) is 4.74 Å². The van der Waals surface area contributed by atoms with Crippen LogP contribution in [0, 0.1) is 0 Å². The Labute approximate surface area is 284 Å². The van der Waals surface area contributed by atoms with Gasteiger partial charge in [-0.1, -0.05) is 61.5 Å². The van der Waals surface area contributed by atoms with Gasteiger partial charge >= 0.3 is 5.97 Å². The van der Waals surface area contributed by atoms with Crippen LogP contribution in [0.5, 0.6) is 0 Å². The van der Waals surface area contributed by atoms with Crippen molar-refractivity contribution >= 4 is 34.2 Å². The first-order valence-corrected chi connectivity index (χ1v) is 17.2. The molecule has 4 aromatic rings. The summed E-state index contributed by atoms with van der Waals surface area (Å²) in [5.41, 5.74) is 3.29. The van der Waals surface area contributed by atoms with Gasteiger partial charge in [-0.3, -0.25) is 4.79 Å². The smallest absolute Gasteiger partial charge is 0.355 e. The number of piperidine rings is 1. The van der Waals surface area contributed by atoms with Gasteiger partial charge in [-0.2, -0.15) is 0 Å². The summed E-state index contributed by atoms with van der Waals surface area (Å²) >= 11 is 0. The Balaban J connectivity index is 1.15. The van der Waals surface area contributed by atoms with E-state index in [2.05, 4.69) is 32.6 Å². The van der Waals surface area contributed by atoms with Crippen LogP contribution in [0.3, 0.4) is 0 Å². The second-order valence-electron chi connectivity index (χ2n) is 14.1. The average Bonchev–Trinajstić information content (AvgIpc) is 3.57. The lowest BCUT2D eigenvalue weighted by molar-refractivity contribution is -0.134. The highest BCUT2D eigenvalue weighted by Gasteiger charge is 2.53. The number of rotatable bonds is 10. The van der Waals surface area contributed by atoms with Crippen LogP contribution in [0.4, 0.5) is 5.69 Å². The van der Waals surface area contributed by atoms with Crippen molar-refractivity contribution in [3.05, 3.63) is 108 Å². The number of carbonyl (C=O) groups is 2. The van der Waals surface area contributed by atoms with Crippen LogP contribution in [-0.2, 0) is 22.6 Å². The zero-order valence-electron chi connectivity index (χ0n) is 28.7. The Morgan fingerprint density at radius 3 is 2.40 bits per heavy atom. The van der Waals surface area contributed by atoms with Crippen molar-refractivity contribution in [1.29, 1.82) is 0 Å². The molecule has 48 heavy (non-hydrogen) atoms. The number of aliphatic hydroxyl groups is 1. The first-order chi connectivity index (χ1) is 23.1. The first kappa shape index (κ1) is 33.3. The fraction of sp³-hybridized carbons (Fsp3) is 0.400. The molecular weight excluding hydrogens is 600 g/mol. The van der Waals surface area contributed by atoms with Crippen molar-refractivity contribution < 1.29 is 19.4 Å². The Hall–Kier alpha value is -4.56. The van der Waals surface area contributed by atoms with Gasteiger partial charge < -0.3 is 29.1 Å². The number of benzene rings is 3. The molecular formula is C40H48N4O4. The van der Waals surface area contributed by atoms with E-state index in [1.165, 1.54) is 0 Å². The van der Waals surface area contributed by atoms with E-state index in [9.17, 15) is 14.7 Å². The number of aliphatic hydroxyl groups excluding tert-OH is 1. The third kappa shape index (κ3) is 6.99. The minimum absolute atomic E-state index is 0.172. The van der Waals surface area contributed by atoms with Crippen molar-refractivity contribution in [2.24, 2.45) is 0 Å². The molecule has 6 rings (SSSR count). The summed E-state index contributed by atoms with van der Waals surface area (Å²) in [7, 11) is 0. The number of para-hydroxylation sites is 2. The number of aromatic nitrogens is 1. The molecule has 3 aromatic carbocycles. The van der Waals surface area contributed by atoms with Crippen LogP contribution in [0.15, 0.2) is 91.0 Å². The van der Waals surface area contributed by atoms with E-state index in [0.29, 0.717) is 25.5 Å². The number of nitrogens with zero attached hydrogens (tertiary/aromatic N) is 4. The normalized spacial score (nSPS) is 17.1. The molecule has 0 atom stereocenters. The minimum atomic E-state index is -0.597. The molecule has 1 N–H and O–H groups in total. The van der Waals surface area contributed by atoms with Gasteiger partial charge in [0.2, 0.25) is 5.91 Å². The second-order valence-corrected chi connectivity index (χ2v) is 14.1. The summed E-state index contributed by atoms with van der Waals surface area (Å²) in [4.78, 5) is 34.2. The number of hydrogen-bond donors (Lipinski definition) is 1. The molecule has 0 unspecified atom stereocenters. The third-order valence-corrected chi connectivity index (χ3v) is 9.53. The zero-order valence-corrected chi connectivity index (χ0v) is 28.7. The largest absolute Gasteiger partial charge is 0.508 e. The maximum atomic E-state index is 14.4. The van der Waals surface area contributed by atoms with E-state index in [1.807, 2.05) is 99.3 Å². The molecule has 1 aromatic heterocycles. The van der Waals surface area contributed by atoms with Crippen LogP contribution in [-0.4, -0.2) is 68.8 Å². The topological polar surface area (TPSA) is 78.2 Å². The average molecular weight is 649 g/mol. The Bertz CT molecular complexity index is 1780. The number of allylic oxidation sites excluding steroid dienone is 1. The van der Waals surface area contributed by atoms with Crippen molar-refractivity contribution in [3.8, 4) is 0 Å². The van der Waals surface area contributed by atoms with Crippen molar-refractivity contribution in [2.75, 3.05) is 31.2 Å². The lowest BCUT2D eigenvalue weighted by Gasteiger charge is -2.43. The number of likely N-dealkylation sites (tertiary alicyclic amines) is 1. The summed E-state index contributed by atoms with van der Waals surface area (Å²) in [5, 5.41) is 11.5.